The summed E-state index contributed by atoms with van der Waals surface area (Å²) in [6.07, 6.45) is 1.14. The minimum atomic E-state index is -0.647. The van der Waals surface area contributed by atoms with Crippen molar-refractivity contribution in [2.24, 2.45) is 5.92 Å². The second-order valence-electron chi connectivity index (χ2n) is 9.54. The van der Waals surface area contributed by atoms with Gasteiger partial charge in [0.25, 0.3) is 0 Å². The molecule has 1 aromatic rings. The molecule has 1 fully saturated rings. The molecule has 0 heterocycles. The van der Waals surface area contributed by atoms with Gasteiger partial charge in [-0.15, -0.1) is 0 Å². The SMILES string of the molecule is CC(C)CC(CO)N(CC1(NC(=O)OCc2ccccc2)CC1)C(=O)OC(C)(C)C. The van der Waals surface area contributed by atoms with Crippen molar-refractivity contribution in [2.45, 2.75) is 77.7 Å². The molecule has 1 aromatic carbocycles. The van der Waals surface area contributed by atoms with E-state index in [1.165, 1.54) is 0 Å². The average molecular weight is 421 g/mol. The van der Waals surface area contributed by atoms with Gasteiger partial charge in [-0.3, -0.25) is 0 Å². The molecule has 0 saturated heterocycles. The monoisotopic (exact) mass is 420 g/mol. The first-order valence-corrected chi connectivity index (χ1v) is 10.6. The molecule has 168 valence electrons. The number of alkyl carbamates (subject to hydrolysis) is 1. The van der Waals surface area contributed by atoms with E-state index in [-0.39, 0.29) is 25.8 Å². The maximum absolute atomic E-state index is 12.9. The number of carbonyl (C=O) groups is 2. The lowest BCUT2D eigenvalue weighted by molar-refractivity contribution is 0.00281. The summed E-state index contributed by atoms with van der Waals surface area (Å²) >= 11 is 0. The van der Waals surface area contributed by atoms with Gasteiger partial charge in [0.1, 0.15) is 12.2 Å². The topological polar surface area (TPSA) is 88.1 Å². The molecule has 7 heteroatoms. The first-order valence-electron chi connectivity index (χ1n) is 10.6. The highest BCUT2D eigenvalue weighted by atomic mass is 16.6. The molecule has 1 atom stereocenters. The van der Waals surface area contributed by atoms with Gasteiger partial charge in [0.15, 0.2) is 0 Å². The van der Waals surface area contributed by atoms with E-state index in [1.54, 1.807) is 4.90 Å². The summed E-state index contributed by atoms with van der Waals surface area (Å²) in [5, 5.41) is 12.9. The molecule has 0 bridgehead atoms. The van der Waals surface area contributed by atoms with Crippen LogP contribution in [0.15, 0.2) is 30.3 Å². The van der Waals surface area contributed by atoms with Gasteiger partial charge in [-0.2, -0.15) is 0 Å². The van der Waals surface area contributed by atoms with Crippen molar-refractivity contribution in [2.75, 3.05) is 13.2 Å². The number of nitrogens with one attached hydrogen (secondary N) is 1. The maximum atomic E-state index is 12.9. The zero-order valence-electron chi connectivity index (χ0n) is 18.8. The van der Waals surface area contributed by atoms with Crippen molar-refractivity contribution in [3.8, 4) is 0 Å². The van der Waals surface area contributed by atoms with Crippen LogP contribution in [0.2, 0.25) is 0 Å². The highest BCUT2D eigenvalue weighted by molar-refractivity contribution is 5.71. The van der Waals surface area contributed by atoms with Gasteiger partial charge in [0.2, 0.25) is 0 Å². The molecule has 1 aliphatic carbocycles. The van der Waals surface area contributed by atoms with Gasteiger partial charge in [-0.05, 0) is 51.5 Å². The fourth-order valence-corrected chi connectivity index (χ4v) is 3.28. The lowest BCUT2D eigenvalue weighted by Crippen LogP contribution is -2.53. The van der Waals surface area contributed by atoms with Crippen molar-refractivity contribution >= 4 is 12.2 Å². The van der Waals surface area contributed by atoms with Crippen LogP contribution in [0.3, 0.4) is 0 Å². The van der Waals surface area contributed by atoms with Gasteiger partial charge in [-0.25, -0.2) is 9.59 Å². The van der Waals surface area contributed by atoms with Crippen LogP contribution in [0.1, 0.15) is 59.4 Å². The summed E-state index contributed by atoms with van der Waals surface area (Å²) in [5.74, 6) is 0.297. The Hall–Kier alpha value is -2.28. The molecule has 0 aliphatic heterocycles. The van der Waals surface area contributed by atoms with Crippen LogP contribution in [0.25, 0.3) is 0 Å². The van der Waals surface area contributed by atoms with Crippen LogP contribution in [-0.2, 0) is 16.1 Å². The number of hydrogen-bond donors (Lipinski definition) is 2. The van der Waals surface area contributed by atoms with Crippen LogP contribution in [0.5, 0.6) is 0 Å². The molecule has 0 radical (unpaired) electrons. The summed E-state index contributed by atoms with van der Waals surface area (Å²) < 4.78 is 10.9. The number of hydrogen-bond acceptors (Lipinski definition) is 5. The smallest absolute Gasteiger partial charge is 0.410 e. The predicted molar refractivity (Wildman–Crippen MR) is 115 cm³/mol. The number of rotatable bonds is 9. The van der Waals surface area contributed by atoms with E-state index in [2.05, 4.69) is 5.32 Å². The number of aliphatic hydroxyl groups excluding tert-OH is 1. The third-order valence-electron chi connectivity index (χ3n) is 4.93. The first kappa shape index (κ1) is 24.0. The Morgan fingerprint density at radius 2 is 1.83 bits per heavy atom. The molecule has 1 unspecified atom stereocenters. The molecule has 2 amide bonds. The molecule has 0 spiro atoms. The minimum absolute atomic E-state index is 0.161. The Labute approximate surface area is 179 Å². The van der Waals surface area contributed by atoms with Crippen LogP contribution in [0.4, 0.5) is 9.59 Å². The summed E-state index contributed by atoms with van der Waals surface area (Å²) in [4.78, 5) is 26.8. The van der Waals surface area contributed by atoms with E-state index in [1.807, 2.05) is 65.0 Å². The number of carbonyl (C=O) groups excluding carboxylic acids is 2. The zero-order chi connectivity index (χ0) is 22.4. The van der Waals surface area contributed by atoms with E-state index in [0.717, 1.165) is 18.4 Å². The molecule has 1 aliphatic rings. The maximum Gasteiger partial charge on any atom is 0.410 e. The van der Waals surface area contributed by atoms with E-state index in [4.69, 9.17) is 9.47 Å². The molecule has 1 saturated carbocycles. The number of nitrogens with zero attached hydrogens (tertiary/aromatic N) is 1. The Bertz CT molecular complexity index is 695. The third-order valence-corrected chi connectivity index (χ3v) is 4.93. The van der Waals surface area contributed by atoms with Crippen molar-refractivity contribution in [1.82, 2.24) is 10.2 Å². The summed E-state index contributed by atoms with van der Waals surface area (Å²) in [7, 11) is 0. The molecule has 30 heavy (non-hydrogen) atoms. The fourth-order valence-electron chi connectivity index (χ4n) is 3.28. The average Bonchev–Trinajstić information content (AvgIpc) is 3.41. The summed E-state index contributed by atoms with van der Waals surface area (Å²) in [6.45, 7) is 9.82. The van der Waals surface area contributed by atoms with Gasteiger partial charge >= 0.3 is 12.2 Å². The summed E-state index contributed by atoms with van der Waals surface area (Å²) in [5.41, 5.74) is -0.286. The van der Waals surface area contributed by atoms with E-state index < -0.39 is 23.3 Å². The largest absolute Gasteiger partial charge is 0.445 e. The number of benzene rings is 1. The Kier molecular flexibility index (Phi) is 8.12. The standard InChI is InChI=1S/C23H36N2O5/c1-17(2)13-19(14-26)25(21(28)30-22(3,4)5)16-23(11-12-23)24-20(27)29-15-18-9-7-6-8-10-18/h6-10,17,19,26H,11-16H2,1-5H3,(H,24,27). The Morgan fingerprint density at radius 1 is 1.20 bits per heavy atom. The van der Waals surface area contributed by atoms with Crippen LogP contribution in [-0.4, -0.2) is 52.5 Å². The Morgan fingerprint density at radius 3 is 2.33 bits per heavy atom. The number of amides is 2. The van der Waals surface area contributed by atoms with Crippen molar-refractivity contribution in [3.63, 3.8) is 0 Å². The first-order chi connectivity index (χ1) is 14.0. The highest BCUT2D eigenvalue weighted by Crippen LogP contribution is 2.37. The molecule has 2 rings (SSSR count). The van der Waals surface area contributed by atoms with Crippen LogP contribution < -0.4 is 5.32 Å². The fraction of sp³-hybridized carbons (Fsp3) is 0.652. The molecule has 7 nitrogen and oxygen atoms in total. The lowest BCUT2D eigenvalue weighted by Gasteiger charge is -2.36. The zero-order valence-corrected chi connectivity index (χ0v) is 18.8. The van der Waals surface area contributed by atoms with Gasteiger partial charge in [0.05, 0.1) is 18.2 Å². The molecule has 2 N–H and O–H groups in total. The van der Waals surface area contributed by atoms with Crippen molar-refractivity contribution in [3.05, 3.63) is 35.9 Å². The molecular weight excluding hydrogens is 384 g/mol. The van der Waals surface area contributed by atoms with E-state index in [0.29, 0.717) is 12.3 Å². The minimum Gasteiger partial charge on any atom is -0.445 e. The van der Waals surface area contributed by atoms with Crippen molar-refractivity contribution < 1.29 is 24.2 Å². The van der Waals surface area contributed by atoms with E-state index in [9.17, 15) is 14.7 Å². The van der Waals surface area contributed by atoms with Crippen LogP contribution in [0, 0.1) is 5.92 Å². The van der Waals surface area contributed by atoms with Gasteiger partial charge in [0, 0.05) is 6.54 Å². The second-order valence-corrected chi connectivity index (χ2v) is 9.54. The normalized spacial score (nSPS) is 16.0. The molecular formula is C23H36N2O5. The predicted octanol–water partition coefficient (Wildman–Crippen LogP) is 4.09. The summed E-state index contributed by atoms with van der Waals surface area (Å²) in [6, 6.07) is 9.09. The third kappa shape index (κ3) is 7.86. The lowest BCUT2D eigenvalue weighted by atomic mass is 10.0. The Balaban J connectivity index is 2.03. The highest BCUT2D eigenvalue weighted by Gasteiger charge is 2.48. The van der Waals surface area contributed by atoms with Gasteiger partial charge < -0.3 is 24.8 Å². The molecule has 0 aromatic heterocycles. The number of aliphatic hydroxyl groups is 1. The van der Waals surface area contributed by atoms with Crippen LogP contribution >= 0.6 is 0 Å². The second kappa shape index (κ2) is 10.2. The van der Waals surface area contributed by atoms with Gasteiger partial charge in [-0.1, -0.05) is 44.2 Å². The van der Waals surface area contributed by atoms with Crippen molar-refractivity contribution in [1.29, 1.82) is 0 Å². The number of ether oxygens (including phenoxy) is 2. The van der Waals surface area contributed by atoms with E-state index >= 15 is 0 Å². The quantitative estimate of drug-likeness (QED) is 0.628.